The molecule has 6 nitrogen and oxygen atoms in total. The fraction of sp³-hybridized carbons (Fsp3) is 0.643. The minimum absolute atomic E-state index is 0.531. The summed E-state index contributed by atoms with van der Waals surface area (Å²) in [5.41, 5.74) is 0.871. The zero-order valence-electron chi connectivity index (χ0n) is 13.0. The van der Waals surface area contributed by atoms with Crippen LogP contribution in [-0.4, -0.2) is 44.8 Å². The van der Waals surface area contributed by atoms with E-state index in [0.29, 0.717) is 6.04 Å². The van der Waals surface area contributed by atoms with Crippen LogP contribution in [0.3, 0.4) is 0 Å². The summed E-state index contributed by atoms with van der Waals surface area (Å²) in [7, 11) is 5.90. The highest BCUT2D eigenvalue weighted by atomic mass is 15.3. The van der Waals surface area contributed by atoms with E-state index >= 15 is 0 Å². The lowest BCUT2D eigenvalue weighted by Crippen LogP contribution is -2.29. The van der Waals surface area contributed by atoms with E-state index in [9.17, 15) is 0 Å². The molecule has 110 valence electrons. The van der Waals surface area contributed by atoms with Crippen LogP contribution >= 0.6 is 0 Å². The Hall–Kier alpha value is -1.69. The summed E-state index contributed by atoms with van der Waals surface area (Å²) < 4.78 is 1.79. The van der Waals surface area contributed by atoms with E-state index in [2.05, 4.69) is 46.2 Å². The third-order valence-electron chi connectivity index (χ3n) is 3.72. The predicted molar refractivity (Wildman–Crippen MR) is 81.7 cm³/mol. The highest BCUT2D eigenvalue weighted by molar-refractivity contribution is 5.86. The fourth-order valence-corrected chi connectivity index (χ4v) is 2.35. The van der Waals surface area contributed by atoms with Crippen molar-refractivity contribution in [2.45, 2.75) is 39.3 Å². The second kappa shape index (κ2) is 6.17. The standard InChI is InChI=1S/C14H24N6/c1-6-7-10(2)19(4)9-12-17-13(15-3)11-8-16-20(5)14(11)18-12/h8,10H,6-7,9H2,1-5H3,(H,15,17,18). The van der Waals surface area contributed by atoms with Gasteiger partial charge >= 0.3 is 0 Å². The van der Waals surface area contributed by atoms with Crippen molar-refractivity contribution in [2.75, 3.05) is 19.4 Å². The third-order valence-corrected chi connectivity index (χ3v) is 3.72. The molecule has 1 N–H and O–H groups in total. The van der Waals surface area contributed by atoms with Gasteiger partial charge in [-0.2, -0.15) is 5.10 Å². The molecular formula is C14H24N6. The summed E-state index contributed by atoms with van der Waals surface area (Å²) in [6.45, 7) is 5.20. The number of nitrogens with zero attached hydrogens (tertiary/aromatic N) is 5. The SMILES string of the molecule is CCCC(C)N(C)Cc1nc(NC)c2cnn(C)c2n1. The van der Waals surface area contributed by atoms with E-state index in [1.54, 1.807) is 10.9 Å². The van der Waals surface area contributed by atoms with Crippen LogP contribution in [0, 0.1) is 0 Å². The first kappa shape index (κ1) is 14.7. The molecule has 2 rings (SSSR count). The maximum atomic E-state index is 4.63. The smallest absolute Gasteiger partial charge is 0.163 e. The van der Waals surface area contributed by atoms with Crippen molar-refractivity contribution in [3.63, 3.8) is 0 Å². The van der Waals surface area contributed by atoms with Crippen molar-refractivity contribution in [3.05, 3.63) is 12.0 Å². The molecule has 2 heterocycles. The van der Waals surface area contributed by atoms with Gasteiger partial charge in [0.15, 0.2) is 5.65 Å². The molecule has 0 saturated carbocycles. The number of hydrogen-bond acceptors (Lipinski definition) is 5. The van der Waals surface area contributed by atoms with Crippen molar-refractivity contribution in [3.8, 4) is 0 Å². The quantitative estimate of drug-likeness (QED) is 0.874. The summed E-state index contributed by atoms with van der Waals surface area (Å²) in [6, 6.07) is 0.531. The third kappa shape index (κ3) is 2.90. The Morgan fingerprint density at radius 1 is 1.40 bits per heavy atom. The first-order chi connectivity index (χ1) is 9.56. The molecule has 0 amide bonds. The van der Waals surface area contributed by atoms with Crippen LogP contribution in [0.25, 0.3) is 11.0 Å². The molecule has 0 fully saturated rings. The van der Waals surface area contributed by atoms with Crippen LogP contribution in [-0.2, 0) is 13.6 Å². The van der Waals surface area contributed by atoms with Crippen LogP contribution in [0.1, 0.15) is 32.5 Å². The van der Waals surface area contributed by atoms with Crippen molar-refractivity contribution in [2.24, 2.45) is 7.05 Å². The Balaban J connectivity index is 2.28. The Bertz CT molecular complexity index is 576. The number of aryl methyl sites for hydroxylation is 1. The fourth-order valence-electron chi connectivity index (χ4n) is 2.35. The average Bonchev–Trinajstić information content (AvgIpc) is 2.80. The predicted octanol–water partition coefficient (Wildman–Crippen LogP) is 2.03. The van der Waals surface area contributed by atoms with Crippen molar-refractivity contribution in [1.29, 1.82) is 0 Å². The minimum Gasteiger partial charge on any atom is -0.372 e. The lowest BCUT2D eigenvalue weighted by atomic mass is 10.2. The molecule has 20 heavy (non-hydrogen) atoms. The first-order valence-electron chi connectivity index (χ1n) is 7.13. The van der Waals surface area contributed by atoms with Crippen molar-refractivity contribution < 1.29 is 0 Å². The Morgan fingerprint density at radius 2 is 2.15 bits per heavy atom. The molecule has 0 radical (unpaired) electrons. The maximum absolute atomic E-state index is 4.63. The van der Waals surface area contributed by atoms with Crippen molar-refractivity contribution in [1.82, 2.24) is 24.6 Å². The second-order valence-electron chi connectivity index (χ2n) is 5.30. The van der Waals surface area contributed by atoms with Crippen molar-refractivity contribution >= 4 is 16.9 Å². The van der Waals surface area contributed by atoms with Gasteiger partial charge in [0.1, 0.15) is 11.6 Å². The minimum atomic E-state index is 0.531. The lowest BCUT2D eigenvalue weighted by Gasteiger charge is -2.23. The van der Waals surface area contributed by atoms with Gasteiger partial charge in [0, 0.05) is 20.1 Å². The number of anilines is 1. The molecular weight excluding hydrogens is 252 g/mol. The van der Waals surface area contributed by atoms with Gasteiger partial charge in [-0.25, -0.2) is 9.97 Å². The summed E-state index contributed by atoms with van der Waals surface area (Å²) >= 11 is 0. The van der Waals surface area contributed by atoms with E-state index in [0.717, 1.165) is 29.2 Å². The number of fused-ring (bicyclic) bond motifs is 1. The molecule has 1 unspecified atom stereocenters. The number of aromatic nitrogens is 4. The van der Waals surface area contributed by atoms with E-state index in [1.165, 1.54) is 12.8 Å². The lowest BCUT2D eigenvalue weighted by molar-refractivity contribution is 0.231. The molecule has 2 aromatic rings. The van der Waals surface area contributed by atoms with Crippen LogP contribution in [0.15, 0.2) is 6.20 Å². The van der Waals surface area contributed by atoms with Crippen LogP contribution < -0.4 is 5.32 Å². The Kier molecular flexibility index (Phi) is 4.54. The van der Waals surface area contributed by atoms with Gasteiger partial charge in [0.25, 0.3) is 0 Å². The summed E-state index contributed by atoms with van der Waals surface area (Å²) in [6.07, 6.45) is 4.17. The highest BCUT2D eigenvalue weighted by Crippen LogP contribution is 2.19. The van der Waals surface area contributed by atoms with Gasteiger partial charge in [0.05, 0.1) is 18.1 Å². The molecule has 6 heteroatoms. The zero-order valence-corrected chi connectivity index (χ0v) is 13.0. The number of rotatable bonds is 6. The summed E-state index contributed by atoms with van der Waals surface area (Å²) in [5, 5.41) is 8.34. The average molecular weight is 276 g/mol. The molecule has 1 atom stereocenters. The van der Waals surface area contributed by atoms with E-state index in [4.69, 9.17) is 0 Å². The molecule has 0 spiro atoms. The molecule has 0 aromatic carbocycles. The topological polar surface area (TPSA) is 58.9 Å². The van der Waals surface area contributed by atoms with Gasteiger partial charge in [-0.1, -0.05) is 13.3 Å². The van der Waals surface area contributed by atoms with Gasteiger partial charge in [-0.3, -0.25) is 9.58 Å². The molecule has 0 saturated heterocycles. The number of nitrogens with one attached hydrogen (secondary N) is 1. The summed E-state index contributed by atoms with van der Waals surface area (Å²) in [4.78, 5) is 11.5. The zero-order chi connectivity index (χ0) is 14.7. The Labute approximate surface area is 120 Å². The van der Waals surface area contributed by atoms with Gasteiger partial charge < -0.3 is 5.32 Å². The number of hydrogen-bond donors (Lipinski definition) is 1. The summed E-state index contributed by atoms with van der Waals surface area (Å²) in [5.74, 6) is 1.67. The highest BCUT2D eigenvalue weighted by Gasteiger charge is 2.14. The van der Waals surface area contributed by atoms with Crippen LogP contribution in [0.2, 0.25) is 0 Å². The van der Waals surface area contributed by atoms with Gasteiger partial charge in [-0.05, 0) is 20.4 Å². The van der Waals surface area contributed by atoms with E-state index in [1.807, 2.05) is 14.1 Å². The second-order valence-corrected chi connectivity index (χ2v) is 5.30. The monoisotopic (exact) mass is 276 g/mol. The van der Waals surface area contributed by atoms with Gasteiger partial charge in [-0.15, -0.1) is 0 Å². The van der Waals surface area contributed by atoms with Gasteiger partial charge in [0.2, 0.25) is 0 Å². The molecule has 0 bridgehead atoms. The molecule has 2 aromatic heterocycles. The van der Waals surface area contributed by atoms with Crippen LogP contribution in [0.4, 0.5) is 5.82 Å². The first-order valence-corrected chi connectivity index (χ1v) is 7.13. The maximum Gasteiger partial charge on any atom is 0.163 e. The normalized spacial score (nSPS) is 13.1. The Morgan fingerprint density at radius 3 is 2.80 bits per heavy atom. The molecule has 0 aliphatic carbocycles. The molecule has 0 aliphatic rings. The van der Waals surface area contributed by atoms with E-state index in [-0.39, 0.29) is 0 Å². The van der Waals surface area contributed by atoms with E-state index < -0.39 is 0 Å². The largest absolute Gasteiger partial charge is 0.372 e. The van der Waals surface area contributed by atoms with Crippen LogP contribution in [0.5, 0.6) is 0 Å². The molecule has 0 aliphatic heterocycles.